The monoisotopic (exact) mass is 360 g/mol. The van der Waals surface area contributed by atoms with Crippen molar-refractivity contribution in [2.24, 2.45) is 0 Å². The second-order valence-electron chi connectivity index (χ2n) is 5.47. The highest BCUT2D eigenvalue weighted by atomic mass is 79.9. The summed E-state index contributed by atoms with van der Waals surface area (Å²) in [5.74, 6) is -1.06. The summed E-state index contributed by atoms with van der Waals surface area (Å²) in [6.07, 6.45) is 0. The largest absolute Gasteiger partial charge is 0.406 e. The molecule has 1 aromatic heterocycles. The van der Waals surface area contributed by atoms with E-state index in [0.717, 1.165) is 12.1 Å². The number of hydrogen-bond donors (Lipinski definition) is 2. The maximum atomic E-state index is 13.7. The second-order valence-corrected chi connectivity index (χ2v) is 6.33. The minimum Gasteiger partial charge on any atom is -0.406 e. The number of aromatic nitrogens is 2. The van der Waals surface area contributed by atoms with E-state index in [9.17, 15) is 8.78 Å². The van der Waals surface area contributed by atoms with Crippen molar-refractivity contribution < 1.29 is 13.2 Å². The molecular weight excluding hydrogens is 346 g/mol. The Balaban J connectivity index is 2.10. The summed E-state index contributed by atoms with van der Waals surface area (Å²) >= 11 is 3.07. The topological polar surface area (TPSA) is 63.0 Å². The lowest BCUT2D eigenvalue weighted by atomic mass is 10.1. The molecule has 0 bridgehead atoms. The Morgan fingerprint density at radius 2 is 1.95 bits per heavy atom. The van der Waals surface area contributed by atoms with Gasteiger partial charge in [-0.25, -0.2) is 8.78 Å². The van der Waals surface area contributed by atoms with Gasteiger partial charge in [0.05, 0.1) is 12.2 Å². The molecule has 0 fully saturated rings. The van der Waals surface area contributed by atoms with E-state index in [2.05, 4.69) is 36.8 Å². The lowest BCUT2D eigenvalue weighted by Crippen LogP contribution is -2.35. The molecule has 1 heterocycles. The zero-order valence-corrected chi connectivity index (χ0v) is 13.4. The van der Waals surface area contributed by atoms with Gasteiger partial charge in [-0.15, -0.1) is 5.10 Å². The summed E-state index contributed by atoms with van der Waals surface area (Å²) in [6, 6.07) is 1.95. The first-order chi connectivity index (χ1) is 9.74. The summed E-state index contributed by atoms with van der Waals surface area (Å²) in [4.78, 5) is 0. The van der Waals surface area contributed by atoms with Gasteiger partial charge in [0.15, 0.2) is 5.82 Å². The van der Waals surface area contributed by atoms with Crippen molar-refractivity contribution in [1.29, 1.82) is 0 Å². The normalized spacial score (nSPS) is 11.7. The Bertz CT molecular complexity index is 616. The molecule has 5 nitrogen and oxygen atoms in total. The fraction of sp³-hybridized carbons (Fsp3) is 0.385. The van der Waals surface area contributed by atoms with E-state index in [0.29, 0.717) is 12.4 Å². The average molecular weight is 361 g/mol. The molecule has 21 heavy (non-hydrogen) atoms. The first-order valence-electron chi connectivity index (χ1n) is 6.23. The first kappa shape index (κ1) is 15.8. The first-order valence-corrected chi connectivity index (χ1v) is 7.03. The lowest BCUT2D eigenvalue weighted by molar-refractivity contribution is 0.384. The second kappa shape index (κ2) is 6.07. The number of nitrogens with zero attached hydrogens (tertiary/aromatic N) is 2. The third-order valence-electron chi connectivity index (χ3n) is 2.48. The zero-order valence-electron chi connectivity index (χ0n) is 11.8. The molecule has 0 saturated heterocycles. The molecule has 0 atom stereocenters. The van der Waals surface area contributed by atoms with Crippen molar-refractivity contribution >= 4 is 27.6 Å². The van der Waals surface area contributed by atoms with Crippen molar-refractivity contribution in [3.05, 3.63) is 34.1 Å². The SMILES string of the molecule is CC(C)(C)NCc1nnc(Nc2c(F)cc(F)cc2Br)o1. The van der Waals surface area contributed by atoms with Gasteiger partial charge in [-0.3, -0.25) is 0 Å². The molecule has 0 spiro atoms. The van der Waals surface area contributed by atoms with Gasteiger partial charge in [0, 0.05) is 16.1 Å². The Kier molecular flexibility index (Phi) is 4.58. The van der Waals surface area contributed by atoms with Crippen LogP contribution in [0, 0.1) is 11.6 Å². The average Bonchev–Trinajstić information content (AvgIpc) is 2.78. The van der Waals surface area contributed by atoms with Crippen LogP contribution in [-0.2, 0) is 6.54 Å². The molecule has 0 aliphatic rings. The zero-order chi connectivity index (χ0) is 15.6. The Morgan fingerprint density at radius 3 is 2.57 bits per heavy atom. The number of halogens is 3. The molecule has 0 amide bonds. The van der Waals surface area contributed by atoms with Crippen LogP contribution in [0.2, 0.25) is 0 Å². The number of anilines is 2. The van der Waals surface area contributed by atoms with Crippen LogP contribution in [0.4, 0.5) is 20.5 Å². The maximum Gasteiger partial charge on any atom is 0.320 e. The summed E-state index contributed by atoms with van der Waals surface area (Å²) < 4.78 is 32.3. The summed E-state index contributed by atoms with van der Waals surface area (Å²) in [7, 11) is 0. The van der Waals surface area contributed by atoms with E-state index < -0.39 is 11.6 Å². The van der Waals surface area contributed by atoms with Gasteiger partial charge in [-0.1, -0.05) is 5.10 Å². The molecule has 2 rings (SSSR count). The van der Waals surface area contributed by atoms with Crippen LogP contribution in [0.1, 0.15) is 26.7 Å². The molecular formula is C13H15BrF2N4O. The predicted octanol–water partition coefficient (Wildman–Crippen LogP) is 3.74. The van der Waals surface area contributed by atoms with E-state index >= 15 is 0 Å². The van der Waals surface area contributed by atoms with Crippen molar-refractivity contribution in [3.63, 3.8) is 0 Å². The van der Waals surface area contributed by atoms with Gasteiger partial charge in [-0.05, 0) is 42.8 Å². The third-order valence-corrected chi connectivity index (χ3v) is 3.10. The van der Waals surface area contributed by atoms with Gasteiger partial charge in [0.1, 0.15) is 5.82 Å². The van der Waals surface area contributed by atoms with Crippen molar-refractivity contribution in [3.8, 4) is 0 Å². The predicted molar refractivity (Wildman–Crippen MR) is 78.2 cm³/mol. The van der Waals surface area contributed by atoms with Gasteiger partial charge in [-0.2, -0.15) is 0 Å². The molecule has 1 aromatic carbocycles. The minimum atomic E-state index is -0.755. The van der Waals surface area contributed by atoms with Gasteiger partial charge >= 0.3 is 6.01 Å². The van der Waals surface area contributed by atoms with Crippen molar-refractivity contribution in [2.75, 3.05) is 5.32 Å². The maximum absolute atomic E-state index is 13.7. The van der Waals surface area contributed by atoms with Crippen LogP contribution in [0.25, 0.3) is 0 Å². The summed E-state index contributed by atoms with van der Waals surface area (Å²) in [5.41, 5.74) is -0.0517. The highest BCUT2D eigenvalue weighted by Gasteiger charge is 2.15. The Hall–Kier alpha value is -1.54. The van der Waals surface area contributed by atoms with Crippen molar-refractivity contribution in [1.82, 2.24) is 15.5 Å². The fourth-order valence-corrected chi connectivity index (χ4v) is 1.99. The molecule has 8 heteroatoms. The minimum absolute atomic E-state index is 0.0342. The standard InChI is InChI=1S/C13H15BrF2N4O/c1-13(2,3)17-6-10-19-20-12(21-10)18-11-8(14)4-7(15)5-9(11)16/h4-5,17H,6H2,1-3H3,(H,18,20). The fourth-order valence-electron chi connectivity index (χ4n) is 1.48. The Morgan fingerprint density at radius 1 is 1.24 bits per heavy atom. The van der Waals surface area contributed by atoms with E-state index in [1.807, 2.05) is 20.8 Å². The molecule has 114 valence electrons. The lowest BCUT2D eigenvalue weighted by Gasteiger charge is -2.18. The number of hydrogen-bond acceptors (Lipinski definition) is 5. The van der Waals surface area contributed by atoms with Crippen LogP contribution in [0.5, 0.6) is 0 Å². The van der Waals surface area contributed by atoms with E-state index in [1.54, 1.807) is 0 Å². The van der Waals surface area contributed by atoms with Crippen LogP contribution in [-0.4, -0.2) is 15.7 Å². The molecule has 0 saturated carbocycles. The molecule has 0 aliphatic carbocycles. The van der Waals surface area contributed by atoms with Gasteiger partial charge in [0.2, 0.25) is 5.89 Å². The van der Waals surface area contributed by atoms with Crippen LogP contribution in [0.3, 0.4) is 0 Å². The molecule has 2 N–H and O–H groups in total. The van der Waals surface area contributed by atoms with Crippen molar-refractivity contribution in [2.45, 2.75) is 32.9 Å². The molecule has 0 radical (unpaired) electrons. The molecule has 0 unspecified atom stereocenters. The van der Waals surface area contributed by atoms with E-state index in [-0.39, 0.29) is 21.7 Å². The molecule has 0 aliphatic heterocycles. The van der Waals surface area contributed by atoms with Gasteiger partial charge < -0.3 is 15.1 Å². The highest BCUT2D eigenvalue weighted by molar-refractivity contribution is 9.10. The molecule has 2 aromatic rings. The third kappa shape index (κ3) is 4.47. The van der Waals surface area contributed by atoms with E-state index in [4.69, 9.17) is 4.42 Å². The summed E-state index contributed by atoms with van der Waals surface area (Å²) in [6.45, 7) is 6.42. The van der Waals surface area contributed by atoms with Crippen LogP contribution < -0.4 is 10.6 Å². The Labute approximate surface area is 129 Å². The number of rotatable bonds is 4. The highest BCUT2D eigenvalue weighted by Crippen LogP contribution is 2.29. The number of benzene rings is 1. The van der Waals surface area contributed by atoms with Crippen LogP contribution in [0.15, 0.2) is 21.0 Å². The van der Waals surface area contributed by atoms with Gasteiger partial charge in [0.25, 0.3) is 0 Å². The quantitative estimate of drug-likeness (QED) is 0.869. The van der Waals surface area contributed by atoms with Crippen LogP contribution >= 0.6 is 15.9 Å². The number of nitrogens with one attached hydrogen (secondary N) is 2. The smallest absolute Gasteiger partial charge is 0.320 e. The summed E-state index contributed by atoms with van der Waals surface area (Å²) in [5, 5.41) is 13.4. The van der Waals surface area contributed by atoms with E-state index in [1.165, 1.54) is 0 Å².